The van der Waals surface area contributed by atoms with Crippen LogP contribution in [-0.2, 0) is 10.2 Å². The van der Waals surface area contributed by atoms with Crippen molar-refractivity contribution in [2.24, 2.45) is 5.73 Å². The normalized spacial score (nSPS) is 27.8. The first-order valence-electron chi connectivity index (χ1n) is 8.17. The third-order valence-electron chi connectivity index (χ3n) is 4.90. The highest BCUT2D eigenvalue weighted by Gasteiger charge is 2.36. The van der Waals surface area contributed by atoms with Gasteiger partial charge < -0.3 is 10.5 Å². The van der Waals surface area contributed by atoms with Crippen LogP contribution >= 0.6 is 0 Å². The van der Waals surface area contributed by atoms with E-state index in [-0.39, 0.29) is 5.41 Å². The SMILES string of the molecule is CC(C)(C)c1ccc(C(CN)N2CC3CCC(C2)O3)cc1. The minimum absolute atomic E-state index is 0.203. The Morgan fingerprint density at radius 3 is 2.19 bits per heavy atom. The topological polar surface area (TPSA) is 38.5 Å². The fraction of sp³-hybridized carbons (Fsp3) is 0.667. The minimum Gasteiger partial charge on any atom is -0.372 e. The third-order valence-corrected chi connectivity index (χ3v) is 4.90. The van der Waals surface area contributed by atoms with Crippen LogP contribution in [0.25, 0.3) is 0 Å². The van der Waals surface area contributed by atoms with E-state index in [1.807, 2.05) is 0 Å². The Hall–Kier alpha value is -0.900. The molecular weight excluding hydrogens is 260 g/mol. The Morgan fingerprint density at radius 2 is 1.71 bits per heavy atom. The van der Waals surface area contributed by atoms with E-state index in [9.17, 15) is 0 Å². The van der Waals surface area contributed by atoms with Gasteiger partial charge in [0.15, 0.2) is 0 Å². The van der Waals surface area contributed by atoms with Gasteiger partial charge in [-0.3, -0.25) is 4.90 Å². The number of likely N-dealkylation sites (tertiary alicyclic amines) is 1. The average molecular weight is 288 g/mol. The molecule has 0 aliphatic carbocycles. The Bertz CT molecular complexity index is 465. The van der Waals surface area contributed by atoms with Crippen molar-refractivity contribution in [2.75, 3.05) is 19.6 Å². The van der Waals surface area contributed by atoms with Crippen molar-refractivity contribution < 1.29 is 4.74 Å². The van der Waals surface area contributed by atoms with Gasteiger partial charge in [0.1, 0.15) is 0 Å². The van der Waals surface area contributed by atoms with Gasteiger partial charge in [0.2, 0.25) is 0 Å². The number of benzene rings is 1. The summed E-state index contributed by atoms with van der Waals surface area (Å²) in [6.07, 6.45) is 3.27. The van der Waals surface area contributed by atoms with Crippen LogP contribution in [0, 0.1) is 0 Å². The summed E-state index contributed by atoms with van der Waals surface area (Å²) in [5.41, 5.74) is 9.01. The first-order chi connectivity index (χ1) is 9.97. The van der Waals surface area contributed by atoms with Crippen LogP contribution in [0.15, 0.2) is 24.3 Å². The van der Waals surface area contributed by atoms with Crippen LogP contribution < -0.4 is 5.73 Å². The molecule has 2 N–H and O–H groups in total. The number of hydrogen-bond donors (Lipinski definition) is 1. The molecule has 1 aromatic rings. The Kier molecular flexibility index (Phi) is 4.08. The second-order valence-corrected chi connectivity index (χ2v) is 7.53. The van der Waals surface area contributed by atoms with Gasteiger partial charge in [-0.1, -0.05) is 45.0 Å². The van der Waals surface area contributed by atoms with Gasteiger partial charge in [-0.25, -0.2) is 0 Å². The highest BCUT2D eigenvalue weighted by molar-refractivity contribution is 5.29. The molecule has 2 saturated heterocycles. The van der Waals surface area contributed by atoms with Crippen molar-refractivity contribution in [2.45, 2.75) is 57.3 Å². The average Bonchev–Trinajstić information content (AvgIpc) is 2.78. The number of nitrogens with two attached hydrogens (primary N) is 1. The second kappa shape index (κ2) is 5.71. The maximum atomic E-state index is 6.09. The molecule has 0 amide bonds. The lowest BCUT2D eigenvalue weighted by Gasteiger charge is -2.37. The fourth-order valence-corrected chi connectivity index (χ4v) is 3.60. The molecule has 2 aliphatic rings. The van der Waals surface area contributed by atoms with Crippen molar-refractivity contribution in [1.82, 2.24) is 4.90 Å². The summed E-state index contributed by atoms with van der Waals surface area (Å²) in [5.74, 6) is 0. The van der Waals surface area contributed by atoms with Crippen molar-refractivity contribution in [3.8, 4) is 0 Å². The number of hydrogen-bond acceptors (Lipinski definition) is 3. The summed E-state index contributed by atoms with van der Waals surface area (Å²) in [7, 11) is 0. The molecule has 2 heterocycles. The molecule has 0 saturated carbocycles. The van der Waals surface area contributed by atoms with Crippen LogP contribution in [0.1, 0.15) is 50.8 Å². The molecule has 2 bridgehead atoms. The quantitative estimate of drug-likeness (QED) is 0.929. The van der Waals surface area contributed by atoms with Crippen LogP contribution in [0.2, 0.25) is 0 Å². The van der Waals surface area contributed by atoms with Crippen LogP contribution in [-0.4, -0.2) is 36.7 Å². The molecule has 116 valence electrons. The van der Waals surface area contributed by atoms with E-state index in [1.54, 1.807) is 0 Å². The highest BCUT2D eigenvalue weighted by atomic mass is 16.5. The predicted octanol–water partition coefficient (Wildman–Crippen LogP) is 2.85. The van der Waals surface area contributed by atoms with Crippen LogP contribution in [0.5, 0.6) is 0 Å². The molecule has 2 fully saturated rings. The van der Waals surface area contributed by atoms with Crippen molar-refractivity contribution >= 4 is 0 Å². The number of fused-ring (bicyclic) bond motifs is 2. The molecule has 2 aliphatic heterocycles. The monoisotopic (exact) mass is 288 g/mol. The molecule has 21 heavy (non-hydrogen) atoms. The zero-order valence-electron chi connectivity index (χ0n) is 13.5. The molecule has 3 unspecified atom stereocenters. The first kappa shape index (κ1) is 15.0. The van der Waals surface area contributed by atoms with Gasteiger partial charge >= 0.3 is 0 Å². The lowest BCUT2D eigenvalue weighted by atomic mass is 9.86. The van der Waals surface area contributed by atoms with Gasteiger partial charge in [0.05, 0.1) is 12.2 Å². The van der Waals surface area contributed by atoms with E-state index in [1.165, 1.54) is 24.0 Å². The highest BCUT2D eigenvalue weighted by Crippen LogP contribution is 2.32. The number of morpholine rings is 1. The molecular formula is C18H28N2O. The number of rotatable bonds is 3. The van der Waals surface area contributed by atoms with Gasteiger partial charge in [0.25, 0.3) is 0 Å². The maximum Gasteiger partial charge on any atom is 0.0707 e. The molecule has 3 rings (SSSR count). The molecule has 0 radical (unpaired) electrons. The van der Waals surface area contributed by atoms with Crippen LogP contribution in [0.4, 0.5) is 0 Å². The van der Waals surface area contributed by atoms with E-state index in [0.717, 1.165) is 13.1 Å². The second-order valence-electron chi connectivity index (χ2n) is 7.53. The van der Waals surface area contributed by atoms with E-state index < -0.39 is 0 Å². The minimum atomic E-state index is 0.203. The summed E-state index contributed by atoms with van der Waals surface area (Å²) >= 11 is 0. The van der Waals surface area contributed by atoms with E-state index in [2.05, 4.69) is 49.9 Å². The summed E-state index contributed by atoms with van der Waals surface area (Å²) in [4.78, 5) is 2.53. The first-order valence-corrected chi connectivity index (χ1v) is 8.17. The van der Waals surface area contributed by atoms with E-state index in [0.29, 0.717) is 24.8 Å². The molecule has 3 heteroatoms. The van der Waals surface area contributed by atoms with Gasteiger partial charge in [-0.15, -0.1) is 0 Å². The predicted molar refractivity (Wildman–Crippen MR) is 86.4 cm³/mol. The maximum absolute atomic E-state index is 6.09. The van der Waals surface area contributed by atoms with Gasteiger partial charge in [-0.2, -0.15) is 0 Å². The van der Waals surface area contributed by atoms with Crippen LogP contribution in [0.3, 0.4) is 0 Å². The molecule has 3 nitrogen and oxygen atoms in total. The standard InChI is InChI=1S/C18H28N2O/c1-18(2,3)14-6-4-13(5-7-14)17(10-19)20-11-15-8-9-16(12-20)21-15/h4-7,15-17H,8-12,19H2,1-3H3. The lowest BCUT2D eigenvalue weighted by molar-refractivity contribution is -0.0521. The van der Waals surface area contributed by atoms with Crippen molar-refractivity contribution in [1.29, 1.82) is 0 Å². The summed E-state index contributed by atoms with van der Waals surface area (Å²) in [6, 6.07) is 9.36. The lowest BCUT2D eigenvalue weighted by Crippen LogP contribution is -2.46. The summed E-state index contributed by atoms with van der Waals surface area (Å²) < 4.78 is 5.94. The number of nitrogens with zero attached hydrogens (tertiary/aromatic N) is 1. The van der Waals surface area contributed by atoms with Crippen molar-refractivity contribution in [3.63, 3.8) is 0 Å². The third kappa shape index (κ3) is 3.15. The summed E-state index contributed by atoms with van der Waals surface area (Å²) in [6.45, 7) is 9.49. The molecule has 1 aromatic carbocycles. The van der Waals surface area contributed by atoms with E-state index in [4.69, 9.17) is 10.5 Å². The van der Waals surface area contributed by atoms with E-state index >= 15 is 0 Å². The molecule has 0 spiro atoms. The zero-order valence-corrected chi connectivity index (χ0v) is 13.5. The largest absolute Gasteiger partial charge is 0.372 e. The van der Waals surface area contributed by atoms with Gasteiger partial charge in [0, 0.05) is 25.7 Å². The van der Waals surface area contributed by atoms with Gasteiger partial charge in [-0.05, 0) is 29.4 Å². The smallest absolute Gasteiger partial charge is 0.0707 e. The molecule has 0 aromatic heterocycles. The van der Waals surface area contributed by atoms with Crippen molar-refractivity contribution in [3.05, 3.63) is 35.4 Å². The number of ether oxygens (including phenoxy) is 1. The summed E-state index contributed by atoms with van der Waals surface area (Å²) in [5, 5.41) is 0. The molecule has 3 atom stereocenters. The Morgan fingerprint density at radius 1 is 1.14 bits per heavy atom. The fourth-order valence-electron chi connectivity index (χ4n) is 3.60. The Labute approximate surface area is 128 Å². The Balaban J connectivity index is 1.77. The zero-order chi connectivity index (χ0) is 15.0.